The molecule has 0 aliphatic heterocycles. The van der Waals surface area contributed by atoms with Crippen LogP contribution >= 0.6 is 11.6 Å². The number of aromatic nitrogens is 2. The Hall–Kier alpha value is -2.21. The zero-order valence-corrected chi connectivity index (χ0v) is 10.6. The molecule has 0 unspecified atom stereocenters. The number of nitrogens with one attached hydrogen (secondary N) is 1. The molecule has 1 N–H and O–H groups in total. The summed E-state index contributed by atoms with van der Waals surface area (Å²) < 4.78 is 18.5. The van der Waals surface area contributed by atoms with Gasteiger partial charge in [-0.2, -0.15) is 0 Å². The van der Waals surface area contributed by atoms with E-state index < -0.39 is 11.7 Å². The van der Waals surface area contributed by atoms with Crippen molar-refractivity contribution in [2.45, 2.75) is 0 Å². The number of nitrogens with zero attached hydrogens (tertiary/aromatic N) is 2. The van der Waals surface area contributed by atoms with Gasteiger partial charge >= 0.3 is 0 Å². The maximum Gasteiger partial charge on any atom is 0.260 e. The second-order valence-corrected chi connectivity index (χ2v) is 3.89. The minimum atomic E-state index is -0.695. The summed E-state index contributed by atoms with van der Waals surface area (Å²) in [6.45, 7) is 0. The minimum absolute atomic E-state index is 0.00715. The molecule has 7 heteroatoms. The van der Waals surface area contributed by atoms with Crippen molar-refractivity contribution >= 4 is 23.5 Å². The monoisotopic (exact) mass is 281 g/mol. The molecule has 5 nitrogen and oxygen atoms in total. The van der Waals surface area contributed by atoms with E-state index in [2.05, 4.69) is 15.3 Å². The van der Waals surface area contributed by atoms with Crippen molar-refractivity contribution in [3.8, 4) is 5.75 Å². The molecule has 1 heterocycles. The van der Waals surface area contributed by atoms with Gasteiger partial charge in [0.15, 0.2) is 0 Å². The van der Waals surface area contributed by atoms with Crippen LogP contribution in [0.2, 0.25) is 5.15 Å². The number of hydrogen-bond donors (Lipinski definition) is 1. The Kier molecular flexibility index (Phi) is 3.91. The molecule has 98 valence electrons. The second kappa shape index (κ2) is 5.62. The first-order chi connectivity index (χ1) is 9.10. The van der Waals surface area contributed by atoms with E-state index in [0.717, 1.165) is 6.07 Å². The van der Waals surface area contributed by atoms with Gasteiger partial charge in [-0.25, -0.2) is 14.4 Å². The van der Waals surface area contributed by atoms with Crippen LogP contribution in [0, 0.1) is 5.82 Å². The summed E-state index contributed by atoms with van der Waals surface area (Å²) in [4.78, 5) is 19.4. The fraction of sp³-hybridized carbons (Fsp3) is 0.0833. The number of carbonyl (C=O) groups excluding carboxylic acids is 1. The van der Waals surface area contributed by atoms with Gasteiger partial charge in [-0.05, 0) is 18.2 Å². The van der Waals surface area contributed by atoms with E-state index in [4.69, 9.17) is 16.3 Å². The lowest BCUT2D eigenvalue weighted by molar-refractivity contribution is 0.102. The number of carbonyl (C=O) groups is 1. The van der Waals surface area contributed by atoms with Crippen molar-refractivity contribution < 1.29 is 13.9 Å². The molecule has 0 atom stereocenters. The van der Waals surface area contributed by atoms with E-state index >= 15 is 0 Å². The molecular formula is C12H9ClFN3O2. The molecule has 0 aliphatic carbocycles. The van der Waals surface area contributed by atoms with Gasteiger partial charge in [0.1, 0.15) is 16.7 Å². The molecule has 0 fully saturated rings. The van der Waals surface area contributed by atoms with E-state index in [1.165, 1.54) is 31.5 Å². The molecule has 2 rings (SSSR count). The van der Waals surface area contributed by atoms with E-state index in [9.17, 15) is 9.18 Å². The van der Waals surface area contributed by atoms with Crippen LogP contribution in [0.1, 0.15) is 10.4 Å². The van der Waals surface area contributed by atoms with Gasteiger partial charge in [0.05, 0.1) is 12.7 Å². The van der Waals surface area contributed by atoms with Crippen molar-refractivity contribution in [3.63, 3.8) is 0 Å². The Labute approximate surface area is 113 Å². The van der Waals surface area contributed by atoms with E-state index in [0.29, 0.717) is 5.75 Å². The van der Waals surface area contributed by atoms with Gasteiger partial charge in [0.25, 0.3) is 5.91 Å². The molecule has 0 saturated carbocycles. The number of methoxy groups -OCH3 is 1. The van der Waals surface area contributed by atoms with Gasteiger partial charge in [0, 0.05) is 12.3 Å². The first-order valence-corrected chi connectivity index (χ1v) is 5.61. The normalized spacial score (nSPS) is 10.1. The van der Waals surface area contributed by atoms with Crippen LogP contribution in [0.3, 0.4) is 0 Å². The molecule has 1 aromatic carbocycles. The molecule has 0 saturated heterocycles. The van der Waals surface area contributed by atoms with Crippen molar-refractivity contribution in [2.24, 2.45) is 0 Å². The SMILES string of the molecule is COc1ccc(C(=O)Nc2nccc(Cl)n2)c(F)c1. The van der Waals surface area contributed by atoms with Crippen LogP contribution in [0.5, 0.6) is 5.75 Å². The van der Waals surface area contributed by atoms with Crippen molar-refractivity contribution in [2.75, 3.05) is 12.4 Å². The third-order valence-electron chi connectivity index (χ3n) is 2.27. The molecule has 0 bridgehead atoms. The van der Waals surface area contributed by atoms with Gasteiger partial charge in [-0.3, -0.25) is 10.1 Å². The lowest BCUT2D eigenvalue weighted by Crippen LogP contribution is -2.15. The molecule has 19 heavy (non-hydrogen) atoms. The molecule has 2 aromatic rings. The Morgan fingerprint density at radius 2 is 2.21 bits per heavy atom. The first kappa shape index (κ1) is 13.2. The summed E-state index contributed by atoms with van der Waals surface area (Å²) in [6.07, 6.45) is 1.38. The summed E-state index contributed by atoms with van der Waals surface area (Å²) in [5.74, 6) is -1.03. The van der Waals surface area contributed by atoms with Crippen LogP contribution < -0.4 is 10.1 Å². The zero-order chi connectivity index (χ0) is 13.8. The number of hydrogen-bond acceptors (Lipinski definition) is 4. The fourth-order valence-electron chi connectivity index (χ4n) is 1.37. The summed E-state index contributed by atoms with van der Waals surface area (Å²) >= 11 is 5.65. The second-order valence-electron chi connectivity index (χ2n) is 3.50. The van der Waals surface area contributed by atoms with Gasteiger partial charge < -0.3 is 4.74 Å². The fourth-order valence-corrected chi connectivity index (χ4v) is 1.51. The van der Waals surface area contributed by atoms with Crippen molar-refractivity contribution in [1.82, 2.24) is 9.97 Å². The summed E-state index contributed by atoms with van der Waals surface area (Å²) in [6, 6.07) is 5.38. The van der Waals surface area contributed by atoms with Crippen LogP contribution in [-0.2, 0) is 0 Å². The number of rotatable bonds is 3. The third kappa shape index (κ3) is 3.17. The Balaban J connectivity index is 2.20. The third-order valence-corrected chi connectivity index (χ3v) is 2.48. The van der Waals surface area contributed by atoms with Gasteiger partial charge in [0.2, 0.25) is 5.95 Å². The van der Waals surface area contributed by atoms with E-state index in [-0.39, 0.29) is 16.7 Å². The van der Waals surface area contributed by atoms with Crippen molar-refractivity contribution in [1.29, 1.82) is 0 Å². The highest BCUT2D eigenvalue weighted by atomic mass is 35.5. The highest BCUT2D eigenvalue weighted by molar-refractivity contribution is 6.29. The van der Waals surface area contributed by atoms with Crippen LogP contribution in [0.4, 0.5) is 10.3 Å². The summed E-state index contributed by atoms with van der Waals surface area (Å²) in [5.41, 5.74) is -0.135. The Morgan fingerprint density at radius 1 is 1.42 bits per heavy atom. The Bertz CT molecular complexity index is 622. The zero-order valence-electron chi connectivity index (χ0n) is 9.85. The number of benzene rings is 1. The smallest absolute Gasteiger partial charge is 0.260 e. The lowest BCUT2D eigenvalue weighted by atomic mass is 10.2. The lowest BCUT2D eigenvalue weighted by Gasteiger charge is -2.06. The predicted molar refractivity (Wildman–Crippen MR) is 67.9 cm³/mol. The topological polar surface area (TPSA) is 64.1 Å². The van der Waals surface area contributed by atoms with Crippen molar-refractivity contribution in [3.05, 3.63) is 47.0 Å². The molecule has 0 aliphatic rings. The van der Waals surface area contributed by atoms with E-state index in [1.807, 2.05) is 0 Å². The standard InChI is InChI=1S/C12H9ClFN3O2/c1-19-7-2-3-8(9(14)6-7)11(18)17-12-15-5-4-10(13)16-12/h2-6H,1H3,(H,15,16,17,18). The quantitative estimate of drug-likeness (QED) is 0.878. The molecule has 1 amide bonds. The molecule has 0 spiro atoms. The predicted octanol–water partition coefficient (Wildman–Crippen LogP) is 2.53. The molecule has 0 radical (unpaired) electrons. The average molecular weight is 282 g/mol. The molecular weight excluding hydrogens is 273 g/mol. The number of amides is 1. The average Bonchev–Trinajstić information content (AvgIpc) is 2.38. The summed E-state index contributed by atoms with van der Waals surface area (Å²) in [7, 11) is 1.41. The minimum Gasteiger partial charge on any atom is -0.497 e. The maximum atomic E-state index is 13.7. The number of ether oxygens (including phenoxy) is 1. The maximum absolute atomic E-state index is 13.7. The summed E-state index contributed by atoms with van der Waals surface area (Å²) in [5, 5.41) is 2.53. The van der Waals surface area contributed by atoms with Crippen LogP contribution in [0.25, 0.3) is 0 Å². The highest BCUT2D eigenvalue weighted by Crippen LogP contribution is 2.17. The van der Waals surface area contributed by atoms with E-state index in [1.54, 1.807) is 0 Å². The van der Waals surface area contributed by atoms with Gasteiger partial charge in [-0.15, -0.1) is 0 Å². The Morgan fingerprint density at radius 3 is 2.84 bits per heavy atom. The highest BCUT2D eigenvalue weighted by Gasteiger charge is 2.13. The van der Waals surface area contributed by atoms with Crippen LogP contribution in [0.15, 0.2) is 30.5 Å². The van der Waals surface area contributed by atoms with Gasteiger partial charge in [-0.1, -0.05) is 11.6 Å². The van der Waals surface area contributed by atoms with Crippen LogP contribution in [-0.4, -0.2) is 23.0 Å². The first-order valence-electron chi connectivity index (χ1n) is 5.23. The largest absolute Gasteiger partial charge is 0.497 e. The number of anilines is 1. The molecule has 1 aromatic heterocycles. The number of halogens is 2.